The Morgan fingerprint density at radius 1 is 1.31 bits per heavy atom. The topological polar surface area (TPSA) is 20.2 Å². The minimum atomic E-state index is -0.287. The summed E-state index contributed by atoms with van der Waals surface area (Å²) < 4.78 is 0. The van der Waals surface area contributed by atoms with Crippen molar-refractivity contribution in [1.29, 1.82) is 0 Å². The molecule has 1 aliphatic carbocycles. The van der Waals surface area contributed by atoms with E-state index in [-0.39, 0.29) is 12.0 Å². The van der Waals surface area contributed by atoms with Gasteiger partial charge in [-0.15, -0.1) is 0 Å². The first-order valence-electron chi connectivity index (χ1n) is 4.25. The van der Waals surface area contributed by atoms with E-state index < -0.39 is 0 Å². The Balaban J connectivity index is 2.53. The molecule has 1 aromatic rings. The molecule has 1 aliphatic rings. The van der Waals surface area contributed by atoms with E-state index in [4.69, 9.17) is 23.2 Å². The summed E-state index contributed by atoms with van der Waals surface area (Å²) in [6.45, 7) is 2.00. The largest absolute Gasteiger partial charge is 0.392 e. The van der Waals surface area contributed by atoms with Gasteiger partial charge in [-0.2, -0.15) is 0 Å². The van der Waals surface area contributed by atoms with Gasteiger partial charge in [0.05, 0.1) is 16.1 Å². The number of rotatable bonds is 0. The van der Waals surface area contributed by atoms with Crippen LogP contribution in [-0.2, 0) is 6.42 Å². The summed E-state index contributed by atoms with van der Waals surface area (Å²) in [4.78, 5) is 0. The van der Waals surface area contributed by atoms with Gasteiger partial charge < -0.3 is 5.11 Å². The molecular formula is C10H10Cl2O. The van der Waals surface area contributed by atoms with Crippen molar-refractivity contribution in [3.05, 3.63) is 33.3 Å². The van der Waals surface area contributed by atoms with Crippen LogP contribution in [-0.4, -0.2) is 11.2 Å². The van der Waals surface area contributed by atoms with Crippen LogP contribution in [0.5, 0.6) is 0 Å². The van der Waals surface area contributed by atoms with Crippen LogP contribution in [0.15, 0.2) is 12.1 Å². The smallest absolute Gasteiger partial charge is 0.0646 e. The zero-order chi connectivity index (χ0) is 9.59. The van der Waals surface area contributed by atoms with Crippen LogP contribution in [0.2, 0.25) is 10.0 Å². The Morgan fingerprint density at radius 3 is 2.62 bits per heavy atom. The van der Waals surface area contributed by atoms with Crippen LogP contribution >= 0.6 is 23.2 Å². The molecule has 0 bridgehead atoms. The molecule has 1 aromatic carbocycles. The number of hydrogen-bond donors (Lipinski definition) is 1. The van der Waals surface area contributed by atoms with Gasteiger partial charge in [-0.1, -0.05) is 30.1 Å². The average molecular weight is 217 g/mol. The summed E-state index contributed by atoms with van der Waals surface area (Å²) in [5.74, 6) is 0.171. The van der Waals surface area contributed by atoms with Gasteiger partial charge in [-0.25, -0.2) is 0 Å². The van der Waals surface area contributed by atoms with Crippen molar-refractivity contribution >= 4 is 23.2 Å². The summed E-state index contributed by atoms with van der Waals surface area (Å²) in [6.07, 6.45) is 0.400. The van der Waals surface area contributed by atoms with Crippen molar-refractivity contribution in [2.24, 2.45) is 0 Å². The lowest BCUT2D eigenvalue weighted by molar-refractivity contribution is 0.163. The van der Waals surface area contributed by atoms with E-state index in [0.29, 0.717) is 16.5 Å². The van der Waals surface area contributed by atoms with E-state index in [0.717, 1.165) is 11.1 Å². The van der Waals surface area contributed by atoms with E-state index in [1.807, 2.05) is 19.1 Å². The summed E-state index contributed by atoms with van der Waals surface area (Å²) in [7, 11) is 0. The molecule has 0 amide bonds. The Bertz CT molecular complexity index is 349. The monoisotopic (exact) mass is 216 g/mol. The van der Waals surface area contributed by atoms with Crippen molar-refractivity contribution < 1.29 is 5.11 Å². The lowest BCUT2D eigenvalue weighted by Crippen LogP contribution is -2.09. The van der Waals surface area contributed by atoms with Gasteiger partial charge in [-0.3, -0.25) is 0 Å². The molecule has 1 unspecified atom stereocenters. The SMILES string of the molecule is CC1c2cc(Cl)c(Cl)cc2C[C@H]1O. The molecule has 1 nitrogen and oxygen atoms in total. The molecule has 0 radical (unpaired) electrons. The summed E-state index contributed by atoms with van der Waals surface area (Å²) in [5, 5.41) is 10.8. The molecule has 0 spiro atoms. The maximum atomic E-state index is 9.61. The molecule has 0 aliphatic heterocycles. The molecule has 2 atom stereocenters. The van der Waals surface area contributed by atoms with Gasteiger partial charge in [0.25, 0.3) is 0 Å². The van der Waals surface area contributed by atoms with E-state index in [2.05, 4.69) is 0 Å². The number of hydrogen-bond acceptors (Lipinski definition) is 1. The molecule has 0 fully saturated rings. The van der Waals surface area contributed by atoms with Gasteiger partial charge in [0.2, 0.25) is 0 Å². The van der Waals surface area contributed by atoms with Gasteiger partial charge in [0.1, 0.15) is 0 Å². The van der Waals surface area contributed by atoms with Crippen molar-refractivity contribution in [2.45, 2.75) is 25.4 Å². The van der Waals surface area contributed by atoms with Crippen LogP contribution in [0.1, 0.15) is 24.0 Å². The quantitative estimate of drug-likeness (QED) is 0.708. The van der Waals surface area contributed by atoms with E-state index in [1.165, 1.54) is 0 Å². The first-order valence-corrected chi connectivity index (χ1v) is 5.01. The Morgan fingerprint density at radius 2 is 1.92 bits per heavy atom. The number of halogens is 2. The average Bonchev–Trinajstić information content (AvgIpc) is 2.32. The third kappa shape index (κ3) is 1.45. The fraction of sp³-hybridized carbons (Fsp3) is 0.400. The number of aliphatic hydroxyl groups is 1. The van der Waals surface area contributed by atoms with Gasteiger partial charge in [0.15, 0.2) is 0 Å². The lowest BCUT2D eigenvalue weighted by Gasteiger charge is -2.08. The number of aliphatic hydroxyl groups excluding tert-OH is 1. The van der Waals surface area contributed by atoms with Crippen molar-refractivity contribution in [3.8, 4) is 0 Å². The number of benzene rings is 1. The second-order valence-electron chi connectivity index (χ2n) is 3.53. The summed E-state index contributed by atoms with van der Waals surface area (Å²) >= 11 is 11.8. The Hall–Kier alpha value is -0.240. The minimum absolute atomic E-state index is 0.171. The zero-order valence-electron chi connectivity index (χ0n) is 7.22. The fourth-order valence-electron chi connectivity index (χ4n) is 1.81. The van der Waals surface area contributed by atoms with Gasteiger partial charge >= 0.3 is 0 Å². The van der Waals surface area contributed by atoms with Crippen LogP contribution < -0.4 is 0 Å². The van der Waals surface area contributed by atoms with Crippen molar-refractivity contribution in [1.82, 2.24) is 0 Å². The van der Waals surface area contributed by atoms with Gasteiger partial charge in [0, 0.05) is 5.92 Å². The molecule has 0 saturated carbocycles. The molecule has 2 rings (SSSR count). The summed E-state index contributed by atoms with van der Waals surface area (Å²) in [6, 6.07) is 3.71. The highest BCUT2D eigenvalue weighted by atomic mass is 35.5. The molecule has 13 heavy (non-hydrogen) atoms. The standard InChI is InChI=1S/C10H10Cl2O/c1-5-7-4-9(12)8(11)2-6(7)3-10(5)13/h2,4-5,10,13H,3H2,1H3/t5?,10-/m1/s1. The summed E-state index contributed by atoms with van der Waals surface area (Å²) in [5.41, 5.74) is 2.25. The molecule has 0 aromatic heterocycles. The first kappa shape index (κ1) is 9.32. The highest BCUT2D eigenvalue weighted by Gasteiger charge is 2.28. The molecule has 0 saturated heterocycles. The number of fused-ring (bicyclic) bond motifs is 1. The third-order valence-corrected chi connectivity index (χ3v) is 3.40. The maximum Gasteiger partial charge on any atom is 0.0646 e. The van der Waals surface area contributed by atoms with Crippen molar-refractivity contribution in [3.63, 3.8) is 0 Å². The van der Waals surface area contributed by atoms with E-state index in [9.17, 15) is 5.11 Å². The minimum Gasteiger partial charge on any atom is -0.392 e. The fourth-order valence-corrected chi connectivity index (χ4v) is 2.17. The Kier molecular flexibility index (Phi) is 2.26. The molecule has 3 heteroatoms. The Labute approximate surface area is 87.3 Å². The molecule has 0 heterocycles. The molecule has 1 N–H and O–H groups in total. The molecule has 70 valence electrons. The third-order valence-electron chi connectivity index (χ3n) is 2.68. The predicted molar refractivity (Wildman–Crippen MR) is 54.6 cm³/mol. The first-order chi connectivity index (χ1) is 6.09. The van der Waals surface area contributed by atoms with E-state index in [1.54, 1.807) is 0 Å². The van der Waals surface area contributed by atoms with Crippen molar-refractivity contribution in [2.75, 3.05) is 0 Å². The highest BCUT2D eigenvalue weighted by molar-refractivity contribution is 6.42. The second-order valence-corrected chi connectivity index (χ2v) is 4.34. The van der Waals surface area contributed by atoms with E-state index >= 15 is 0 Å². The maximum absolute atomic E-state index is 9.61. The normalized spacial score (nSPS) is 26.2. The zero-order valence-corrected chi connectivity index (χ0v) is 8.73. The molecular weight excluding hydrogens is 207 g/mol. The van der Waals surface area contributed by atoms with Crippen LogP contribution in [0, 0.1) is 0 Å². The van der Waals surface area contributed by atoms with Crippen LogP contribution in [0.4, 0.5) is 0 Å². The lowest BCUT2D eigenvalue weighted by atomic mass is 10.0. The van der Waals surface area contributed by atoms with Crippen LogP contribution in [0.25, 0.3) is 0 Å². The van der Waals surface area contributed by atoms with Crippen LogP contribution in [0.3, 0.4) is 0 Å². The second kappa shape index (κ2) is 3.16. The van der Waals surface area contributed by atoms with Gasteiger partial charge in [-0.05, 0) is 29.7 Å². The predicted octanol–water partition coefficient (Wildman–Crippen LogP) is 3.01. The highest BCUT2D eigenvalue weighted by Crippen LogP contribution is 2.37.